The molecule has 0 atom stereocenters. The lowest BCUT2D eigenvalue weighted by Gasteiger charge is -2.33. The van der Waals surface area contributed by atoms with E-state index in [9.17, 15) is 14.4 Å². The van der Waals surface area contributed by atoms with Crippen molar-refractivity contribution in [1.82, 2.24) is 5.32 Å². The first kappa shape index (κ1) is 19.7. The smallest absolute Gasteiger partial charge is 0.337 e. The monoisotopic (exact) mass is 334 g/mol. The molecule has 1 aromatic carbocycles. The van der Waals surface area contributed by atoms with E-state index in [1.807, 2.05) is 13.8 Å². The van der Waals surface area contributed by atoms with Crippen LogP contribution in [0.4, 0.5) is 5.69 Å². The van der Waals surface area contributed by atoms with Gasteiger partial charge in [-0.25, -0.2) is 4.79 Å². The maximum atomic E-state index is 12.1. The van der Waals surface area contributed by atoms with Crippen LogP contribution < -0.4 is 10.6 Å². The number of ether oxygens (including phenoxy) is 1. The standard InChI is InChI=1S/C18H26N2O4/c1-17(2,3)11-18(4,5)20-15(22)14(21)19-13-9-7-12(8-10-13)16(23)24-6/h7-10H,11H2,1-6H3,(H,19,21)(H,20,22). The summed E-state index contributed by atoms with van der Waals surface area (Å²) in [6.45, 7) is 9.99. The fourth-order valence-corrected chi connectivity index (χ4v) is 2.73. The molecule has 0 fully saturated rings. The zero-order chi connectivity index (χ0) is 18.5. The lowest BCUT2D eigenvalue weighted by Crippen LogP contribution is -2.49. The molecule has 1 aromatic rings. The second-order valence-corrected chi connectivity index (χ2v) is 7.60. The Hall–Kier alpha value is -2.37. The zero-order valence-corrected chi connectivity index (χ0v) is 15.1. The van der Waals surface area contributed by atoms with Crippen molar-refractivity contribution in [2.24, 2.45) is 5.41 Å². The lowest BCUT2D eigenvalue weighted by atomic mass is 9.82. The predicted molar refractivity (Wildman–Crippen MR) is 92.7 cm³/mol. The summed E-state index contributed by atoms with van der Waals surface area (Å²) in [4.78, 5) is 35.4. The largest absolute Gasteiger partial charge is 0.465 e. The number of anilines is 1. The Morgan fingerprint density at radius 1 is 0.958 bits per heavy atom. The van der Waals surface area contributed by atoms with Crippen molar-refractivity contribution in [1.29, 1.82) is 0 Å². The molecule has 0 radical (unpaired) electrons. The van der Waals surface area contributed by atoms with Gasteiger partial charge < -0.3 is 15.4 Å². The van der Waals surface area contributed by atoms with Crippen LogP contribution in [0.3, 0.4) is 0 Å². The van der Waals surface area contributed by atoms with E-state index in [0.29, 0.717) is 11.3 Å². The number of carbonyl (C=O) groups excluding carboxylic acids is 3. The molecule has 0 saturated heterocycles. The highest BCUT2D eigenvalue weighted by atomic mass is 16.5. The number of amides is 2. The Morgan fingerprint density at radius 2 is 1.50 bits per heavy atom. The van der Waals surface area contributed by atoms with Gasteiger partial charge in [-0.05, 0) is 49.9 Å². The van der Waals surface area contributed by atoms with E-state index in [-0.39, 0.29) is 5.41 Å². The highest BCUT2D eigenvalue weighted by Crippen LogP contribution is 2.26. The number of carbonyl (C=O) groups is 3. The van der Waals surface area contributed by atoms with Crippen LogP contribution in [-0.4, -0.2) is 30.4 Å². The van der Waals surface area contributed by atoms with Gasteiger partial charge in [0.25, 0.3) is 0 Å². The molecule has 6 nitrogen and oxygen atoms in total. The number of rotatable bonds is 4. The Morgan fingerprint density at radius 3 is 1.96 bits per heavy atom. The van der Waals surface area contributed by atoms with Crippen LogP contribution in [0.2, 0.25) is 0 Å². The molecule has 132 valence electrons. The van der Waals surface area contributed by atoms with Crippen molar-refractivity contribution < 1.29 is 19.1 Å². The summed E-state index contributed by atoms with van der Waals surface area (Å²) in [7, 11) is 1.29. The lowest BCUT2D eigenvalue weighted by molar-refractivity contribution is -0.137. The van der Waals surface area contributed by atoms with Gasteiger partial charge in [-0.2, -0.15) is 0 Å². The first-order valence-corrected chi connectivity index (χ1v) is 7.75. The Kier molecular flexibility index (Phi) is 6.12. The van der Waals surface area contributed by atoms with Gasteiger partial charge >= 0.3 is 17.8 Å². The molecule has 0 aromatic heterocycles. The summed E-state index contributed by atoms with van der Waals surface area (Å²) >= 11 is 0. The summed E-state index contributed by atoms with van der Waals surface area (Å²) in [6, 6.07) is 6.11. The third-order valence-corrected chi connectivity index (χ3v) is 3.19. The Balaban J connectivity index is 2.67. The minimum Gasteiger partial charge on any atom is -0.465 e. The van der Waals surface area contributed by atoms with Crippen LogP contribution in [-0.2, 0) is 14.3 Å². The van der Waals surface area contributed by atoms with Gasteiger partial charge in [0.15, 0.2) is 0 Å². The van der Waals surface area contributed by atoms with Gasteiger partial charge in [-0.1, -0.05) is 20.8 Å². The minimum atomic E-state index is -0.747. The highest BCUT2D eigenvalue weighted by molar-refractivity contribution is 6.39. The van der Waals surface area contributed by atoms with Crippen molar-refractivity contribution in [3.63, 3.8) is 0 Å². The van der Waals surface area contributed by atoms with Crippen molar-refractivity contribution in [2.75, 3.05) is 12.4 Å². The molecule has 1 rings (SSSR count). The number of hydrogen-bond donors (Lipinski definition) is 2. The molecule has 0 saturated carbocycles. The number of methoxy groups -OCH3 is 1. The molecule has 6 heteroatoms. The van der Waals surface area contributed by atoms with Crippen molar-refractivity contribution >= 4 is 23.5 Å². The van der Waals surface area contributed by atoms with Gasteiger partial charge in [0.1, 0.15) is 0 Å². The molecule has 24 heavy (non-hydrogen) atoms. The molecule has 0 aliphatic carbocycles. The van der Waals surface area contributed by atoms with E-state index >= 15 is 0 Å². The van der Waals surface area contributed by atoms with E-state index in [1.165, 1.54) is 31.4 Å². The summed E-state index contributed by atoms with van der Waals surface area (Å²) in [6.07, 6.45) is 0.729. The normalized spacial score (nSPS) is 11.6. The maximum absolute atomic E-state index is 12.1. The van der Waals surface area contributed by atoms with Crippen LogP contribution >= 0.6 is 0 Å². The van der Waals surface area contributed by atoms with E-state index < -0.39 is 23.3 Å². The molecule has 2 amide bonds. The average Bonchev–Trinajstić information content (AvgIpc) is 2.44. The molecule has 0 heterocycles. The zero-order valence-electron chi connectivity index (χ0n) is 15.1. The third-order valence-electron chi connectivity index (χ3n) is 3.19. The second-order valence-electron chi connectivity index (χ2n) is 7.60. The topological polar surface area (TPSA) is 84.5 Å². The highest BCUT2D eigenvalue weighted by Gasteiger charge is 2.29. The first-order valence-electron chi connectivity index (χ1n) is 7.75. The fraction of sp³-hybridized carbons (Fsp3) is 0.500. The van der Waals surface area contributed by atoms with Gasteiger partial charge in [-0.15, -0.1) is 0 Å². The van der Waals surface area contributed by atoms with Gasteiger partial charge in [0.2, 0.25) is 0 Å². The molecule has 0 aliphatic heterocycles. The summed E-state index contributed by atoms with van der Waals surface area (Å²) in [5, 5.41) is 5.25. The van der Waals surface area contributed by atoms with Gasteiger partial charge in [0, 0.05) is 11.2 Å². The molecule has 0 unspecified atom stereocenters. The van der Waals surface area contributed by atoms with Crippen molar-refractivity contribution in [2.45, 2.75) is 46.6 Å². The number of nitrogens with one attached hydrogen (secondary N) is 2. The average molecular weight is 334 g/mol. The number of esters is 1. The van der Waals surface area contributed by atoms with Crippen LogP contribution in [0.5, 0.6) is 0 Å². The van der Waals surface area contributed by atoms with E-state index in [4.69, 9.17) is 0 Å². The van der Waals surface area contributed by atoms with Crippen molar-refractivity contribution in [3.05, 3.63) is 29.8 Å². The Labute approximate surface area is 143 Å². The van der Waals surface area contributed by atoms with E-state index in [1.54, 1.807) is 0 Å². The van der Waals surface area contributed by atoms with E-state index in [2.05, 4.69) is 36.1 Å². The van der Waals surface area contributed by atoms with Gasteiger partial charge in [0.05, 0.1) is 12.7 Å². The summed E-state index contributed by atoms with van der Waals surface area (Å²) in [5.74, 6) is -1.90. The minimum absolute atomic E-state index is 0.0248. The summed E-state index contributed by atoms with van der Waals surface area (Å²) in [5.41, 5.74) is 0.320. The molecular formula is C18H26N2O4. The van der Waals surface area contributed by atoms with Crippen molar-refractivity contribution in [3.8, 4) is 0 Å². The molecule has 0 spiro atoms. The van der Waals surface area contributed by atoms with Crippen LogP contribution in [0, 0.1) is 5.41 Å². The maximum Gasteiger partial charge on any atom is 0.337 e. The van der Waals surface area contributed by atoms with Gasteiger partial charge in [-0.3, -0.25) is 9.59 Å². The molecule has 0 bridgehead atoms. The number of benzene rings is 1. The first-order chi connectivity index (χ1) is 10.9. The molecular weight excluding hydrogens is 308 g/mol. The molecule has 0 aliphatic rings. The predicted octanol–water partition coefficient (Wildman–Crippen LogP) is 2.74. The molecule has 2 N–H and O–H groups in total. The van der Waals surface area contributed by atoms with E-state index in [0.717, 1.165) is 6.42 Å². The van der Waals surface area contributed by atoms with Crippen LogP contribution in [0.1, 0.15) is 51.4 Å². The quantitative estimate of drug-likeness (QED) is 0.655. The summed E-state index contributed by atoms with van der Waals surface area (Å²) < 4.78 is 4.60. The SMILES string of the molecule is COC(=O)c1ccc(NC(=O)C(=O)NC(C)(C)CC(C)(C)C)cc1. The second kappa shape index (κ2) is 7.47. The number of hydrogen-bond acceptors (Lipinski definition) is 4. The Bertz CT molecular complexity index is 613. The third kappa shape index (κ3) is 6.40. The fourth-order valence-electron chi connectivity index (χ4n) is 2.73. The van der Waals surface area contributed by atoms with Crippen LogP contribution in [0.15, 0.2) is 24.3 Å². The van der Waals surface area contributed by atoms with Crippen LogP contribution in [0.25, 0.3) is 0 Å².